The molecule has 0 bridgehead atoms. The average Bonchev–Trinajstić information content (AvgIpc) is 2.69. The number of benzene rings is 2. The minimum absolute atomic E-state index is 0.359. The maximum absolute atomic E-state index is 12.8. The van der Waals surface area contributed by atoms with Crippen molar-refractivity contribution < 1.29 is 22.7 Å². The van der Waals surface area contributed by atoms with Gasteiger partial charge in [0.05, 0.1) is 26.2 Å². The fourth-order valence-corrected chi connectivity index (χ4v) is 4.48. The molecule has 2 aromatic carbocycles. The van der Waals surface area contributed by atoms with Crippen molar-refractivity contribution in [2.24, 2.45) is 0 Å². The number of carbonyl (C=O) groups excluding carboxylic acids is 1. The van der Waals surface area contributed by atoms with E-state index in [0.29, 0.717) is 30.2 Å². The number of hydrogen-bond donors (Lipinski definition) is 1. The molecule has 0 aliphatic rings. The van der Waals surface area contributed by atoms with Crippen LogP contribution in [-0.2, 0) is 21.2 Å². The van der Waals surface area contributed by atoms with Gasteiger partial charge in [-0.3, -0.25) is 9.10 Å². The molecule has 2 rings (SSSR count). The molecule has 1 N–H and O–H groups in total. The lowest BCUT2D eigenvalue weighted by Crippen LogP contribution is -2.48. The topological polar surface area (TPSA) is 84.9 Å². The standard InChI is InChI=1S/C22H30N2O5S/c1-15-7-8-16(2)19(13-15)24(30(6,26)27)17(3)22(25)23-12-11-18-9-10-20(28-4)21(14-18)29-5/h7-10,13-14,17H,11-12H2,1-6H3,(H,23,25)/t17-/m0/s1. The van der Waals surface area contributed by atoms with Crippen LogP contribution in [0.2, 0.25) is 0 Å². The molecule has 0 aliphatic heterocycles. The summed E-state index contributed by atoms with van der Waals surface area (Å²) >= 11 is 0. The van der Waals surface area contributed by atoms with E-state index in [0.717, 1.165) is 22.9 Å². The van der Waals surface area contributed by atoms with Crippen molar-refractivity contribution in [1.82, 2.24) is 5.32 Å². The van der Waals surface area contributed by atoms with Gasteiger partial charge in [0.15, 0.2) is 11.5 Å². The Kier molecular flexibility index (Phi) is 7.72. The molecule has 0 saturated heterocycles. The van der Waals surface area contributed by atoms with Gasteiger partial charge >= 0.3 is 0 Å². The quantitative estimate of drug-likeness (QED) is 0.656. The highest BCUT2D eigenvalue weighted by atomic mass is 32.2. The normalized spacial score (nSPS) is 12.2. The van der Waals surface area contributed by atoms with Crippen molar-refractivity contribution >= 4 is 21.6 Å². The van der Waals surface area contributed by atoms with E-state index in [-0.39, 0.29) is 5.91 Å². The van der Waals surface area contributed by atoms with Crippen LogP contribution in [0.5, 0.6) is 11.5 Å². The summed E-state index contributed by atoms with van der Waals surface area (Å²) in [5.41, 5.74) is 3.19. The lowest BCUT2D eigenvalue weighted by atomic mass is 10.1. The molecule has 0 saturated carbocycles. The Bertz CT molecular complexity index is 1000. The Labute approximate surface area is 179 Å². The lowest BCUT2D eigenvalue weighted by molar-refractivity contribution is -0.121. The van der Waals surface area contributed by atoms with Crippen LogP contribution in [0.15, 0.2) is 36.4 Å². The minimum atomic E-state index is -3.65. The molecule has 8 heteroatoms. The SMILES string of the molecule is COc1ccc(CCNC(=O)[C@H](C)N(c2cc(C)ccc2C)S(C)(=O)=O)cc1OC. The van der Waals surface area contributed by atoms with Crippen LogP contribution in [0.1, 0.15) is 23.6 Å². The zero-order valence-electron chi connectivity index (χ0n) is 18.4. The van der Waals surface area contributed by atoms with Gasteiger partial charge in [0.2, 0.25) is 15.9 Å². The number of rotatable bonds is 9. The Morgan fingerprint density at radius 3 is 2.33 bits per heavy atom. The number of nitrogens with one attached hydrogen (secondary N) is 1. The number of sulfonamides is 1. The van der Waals surface area contributed by atoms with Gasteiger partial charge in [-0.25, -0.2) is 8.42 Å². The first-order valence-corrected chi connectivity index (χ1v) is 11.5. The van der Waals surface area contributed by atoms with E-state index in [1.54, 1.807) is 27.2 Å². The van der Waals surface area contributed by atoms with Crippen LogP contribution in [0, 0.1) is 13.8 Å². The predicted octanol–water partition coefficient (Wildman–Crippen LogP) is 2.83. The first-order valence-electron chi connectivity index (χ1n) is 9.63. The summed E-state index contributed by atoms with van der Waals surface area (Å²) < 4.78 is 36.7. The molecule has 30 heavy (non-hydrogen) atoms. The number of amides is 1. The fourth-order valence-electron chi connectivity index (χ4n) is 3.25. The maximum Gasteiger partial charge on any atom is 0.243 e. The van der Waals surface area contributed by atoms with Gasteiger partial charge in [-0.1, -0.05) is 18.2 Å². The summed E-state index contributed by atoms with van der Waals surface area (Å²) in [6, 6.07) is 10.2. The van der Waals surface area contributed by atoms with Gasteiger partial charge in [0.1, 0.15) is 6.04 Å². The van der Waals surface area contributed by atoms with E-state index in [1.807, 2.05) is 44.2 Å². The monoisotopic (exact) mass is 434 g/mol. The van der Waals surface area contributed by atoms with Crippen LogP contribution in [0.3, 0.4) is 0 Å². The van der Waals surface area contributed by atoms with Gasteiger partial charge in [0.25, 0.3) is 0 Å². The van der Waals surface area contributed by atoms with Crippen LogP contribution in [0.4, 0.5) is 5.69 Å². The second-order valence-electron chi connectivity index (χ2n) is 7.26. The molecule has 0 spiro atoms. The van der Waals surface area contributed by atoms with Gasteiger partial charge in [0, 0.05) is 6.54 Å². The van der Waals surface area contributed by atoms with Crippen molar-refractivity contribution in [3.05, 3.63) is 53.1 Å². The van der Waals surface area contributed by atoms with Gasteiger partial charge in [-0.2, -0.15) is 0 Å². The number of nitrogens with zero attached hydrogens (tertiary/aromatic N) is 1. The second-order valence-corrected chi connectivity index (χ2v) is 9.11. The third kappa shape index (κ3) is 5.66. The number of carbonyl (C=O) groups is 1. The number of aryl methyl sites for hydroxylation is 2. The van der Waals surface area contributed by atoms with E-state index in [1.165, 1.54) is 4.31 Å². The lowest BCUT2D eigenvalue weighted by Gasteiger charge is -2.29. The highest BCUT2D eigenvalue weighted by Gasteiger charge is 2.30. The van der Waals surface area contributed by atoms with Crippen LogP contribution < -0.4 is 19.1 Å². The molecule has 0 radical (unpaired) electrons. The third-order valence-electron chi connectivity index (χ3n) is 4.85. The molecule has 2 aromatic rings. The summed E-state index contributed by atoms with van der Waals surface area (Å²) in [6.45, 7) is 5.67. The second kappa shape index (κ2) is 9.84. The summed E-state index contributed by atoms with van der Waals surface area (Å²) in [4.78, 5) is 12.8. The number of methoxy groups -OCH3 is 2. The smallest absolute Gasteiger partial charge is 0.243 e. The Balaban J connectivity index is 2.12. The maximum atomic E-state index is 12.8. The molecule has 1 atom stereocenters. The molecule has 0 unspecified atom stereocenters. The largest absolute Gasteiger partial charge is 0.493 e. The minimum Gasteiger partial charge on any atom is -0.493 e. The van der Waals surface area contributed by atoms with Crippen molar-refractivity contribution in [2.75, 3.05) is 31.3 Å². The summed E-state index contributed by atoms with van der Waals surface area (Å²) in [7, 11) is -0.514. The van der Waals surface area contributed by atoms with Gasteiger partial charge in [-0.05, 0) is 62.1 Å². The highest BCUT2D eigenvalue weighted by Crippen LogP contribution is 2.28. The van der Waals surface area contributed by atoms with Crippen molar-refractivity contribution in [3.63, 3.8) is 0 Å². The fraction of sp³-hybridized carbons (Fsp3) is 0.409. The van der Waals surface area contributed by atoms with E-state index in [4.69, 9.17) is 9.47 Å². The molecular formula is C22H30N2O5S. The highest BCUT2D eigenvalue weighted by molar-refractivity contribution is 7.92. The number of anilines is 1. The summed E-state index contributed by atoms with van der Waals surface area (Å²) in [6.07, 6.45) is 1.68. The molecule has 0 aromatic heterocycles. The first kappa shape index (κ1) is 23.5. The zero-order chi connectivity index (χ0) is 22.5. The Morgan fingerprint density at radius 2 is 1.73 bits per heavy atom. The summed E-state index contributed by atoms with van der Waals surface area (Å²) in [5, 5.41) is 2.84. The average molecular weight is 435 g/mol. The van der Waals surface area contributed by atoms with Crippen molar-refractivity contribution in [3.8, 4) is 11.5 Å². The molecule has 0 aliphatic carbocycles. The zero-order valence-corrected chi connectivity index (χ0v) is 19.2. The molecule has 1 amide bonds. The Hall–Kier alpha value is -2.74. The van der Waals surface area contributed by atoms with Crippen LogP contribution >= 0.6 is 0 Å². The van der Waals surface area contributed by atoms with Crippen LogP contribution in [-0.4, -0.2) is 47.4 Å². The number of hydrogen-bond acceptors (Lipinski definition) is 5. The van der Waals surface area contributed by atoms with E-state index >= 15 is 0 Å². The Morgan fingerprint density at radius 1 is 1.07 bits per heavy atom. The van der Waals surface area contributed by atoms with Gasteiger partial charge < -0.3 is 14.8 Å². The first-order chi connectivity index (χ1) is 14.1. The summed E-state index contributed by atoms with van der Waals surface area (Å²) in [5.74, 6) is 0.894. The van der Waals surface area contributed by atoms with E-state index in [9.17, 15) is 13.2 Å². The molecule has 0 heterocycles. The predicted molar refractivity (Wildman–Crippen MR) is 119 cm³/mol. The van der Waals surface area contributed by atoms with Gasteiger partial charge in [-0.15, -0.1) is 0 Å². The van der Waals surface area contributed by atoms with E-state index in [2.05, 4.69) is 5.32 Å². The molecular weight excluding hydrogens is 404 g/mol. The van der Waals surface area contributed by atoms with Crippen molar-refractivity contribution in [1.29, 1.82) is 0 Å². The third-order valence-corrected chi connectivity index (χ3v) is 6.08. The molecule has 0 fully saturated rings. The van der Waals surface area contributed by atoms with Crippen LogP contribution in [0.25, 0.3) is 0 Å². The molecule has 7 nitrogen and oxygen atoms in total. The molecule has 164 valence electrons. The van der Waals surface area contributed by atoms with Crippen molar-refractivity contribution in [2.45, 2.75) is 33.2 Å². The number of ether oxygens (including phenoxy) is 2. The van der Waals surface area contributed by atoms with E-state index < -0.39 is 16.1 Å².